The van der Waals surface area contributed by atoms with Crippen molar-refractivity contribution in [1.29, 1.82) is 0 Å². The molecule has 0 fully saturated rings. The number of hydrogen-bond donors (Lipinski definition) is 1. The molecule has 0 spiro atoms. The molecule has 0 atom stereocenters. The number of rotatable bonds is 2. The second kappa shape index (κ2) is 5.62. The van der Waals surface area contributed by atoms with Crippen molar-refractivity contribution in [2.24, 2.45) is 0 Å². The molecule has 0 aromatic carbocycles. The molecule has 0 aliphatic heterocycles. The summed E-state index contributed by atoms with van der Waals surface area (Å²) in [6, 6.07) is 3.51. The molecule has 0 saturated carbocycles. The highest BCUT2D eigenvalue weighted by Gasteiger charge is 1.98. The van der Waals surface area contributed by atoms with Crippen molar-refractivity contribution in [2.45, 2.75) is 0 Å². The van der Waals surface area contributed by atoms with Gasteiger partial charge in [0.1, 0.15) is 10.1 Å². The van der Waals surface area contributed by atoms with Crippen LogP contribution in [0.15, 0.2) is 28.9 Å². The third-order valence-electron chi connectivity index (χ3n) is 1.35. The first-order valence-electron chi connectivity index (χ1n) is 3.83. The zero-order valence-corrected chi connectivity index (χ0v) is 9.15. The summed E-state index contributed by atoms with van der Waals surface area (Å²) >= 11 is 6.14. The predicted octanol–water partition coefficient (Wildman–Crippen LogP) is 2.06. The minimum atomic E-state index is -0.249. The van der Waals surface area contributed by atoms with Gasteiger partial charge in [-0.15, -0.1) is 11.8 Å². The Morgan fingerprint density at radius 2 is 2.50 bits per heavy atom. The summed E-state index contributed by atoms with van der Waals surface area (Å²) in [6.07, 6.45) is 6.31. The van der Waals surface area contributed by atoms with Crippen LogP contribution < -0.4 is 5.32 Å². The van der Waals surface area contributed by atoms with Crippen LogP contribution in [-0.4, -0.2) is 16.5 Å². The Kier molecular flexibility index (Phi) is 4.42. The Bertz CT molecular complexity index is 344. The fourth-order valence-electron chi connectivity index (χ4n) is 0.737. The number of carbonyl (C=O) groups excluding carboxylic acids is 1. The lowest BCUT2D eigenvalue weighted by molar-refractivity contribution is -0.115. The molecule has 5 heteroatoms. The van der Waals surface area contributed by atoms with E-state index < -0.39 is 0 Å². The van der Waals surface area contributed by atoms with Crippen molar-refractivity contribution in [3.8, 4) is 0 Å². The predicted molar refractivity (Wildman–Crippen MR) is 62.0 cm³/mol. The van der Waals surface area contributed by atoms with E-state index in [1.165, 1.54) is 17.8 Å². The van der Waals surface area contributed by atoms with Crippen molar-refractivity contribution in [3.63, 3.8) is 0 Å². The monoisotopic (exact) mass is 227 g/mol. The quantitative estimate of drug-likeness (QED) is 0.620. The maximum absolute atomic E-state index is 11.2. The van der Waals surface area contributed by atoms with Gasteiger partial charge in [-0.2, -0.15) is 0 Å². The number of nitrogens with one attached hydrogen (secondary N) is 1. The first-order valence-corrected chi connectivity index (χ1v) is 5.46. The van der Waals surface area contributed by atoms with E-state index in [4.69, 9.17) is 16.6 Å². The largest absolute Gasteiger partial charge is 0.465 e. The van der Waals surface area contributed by atoms with Crippen molar-refractivity contribution in [2.75, 3.05) is 6.26 Å². The first-order chi connectivity index (χ1) is 6.72. The summed E-state index contributed by atoms with van der Waals surface area (Å²) in [5.41, 5.74) is 0. The summed E-state index contributed by atoms with van der Waals surface area (Å²) < 4.78 is 5.47. The zero-order chi connectivity index (χ0) is 10.4. The van der Waals surface area contributed by atoms with E-state index in [1.54, 1.807) is 30.7 Å². The fourth-order valence-corrected chi connectivity index (χ4v) is 1.04. The van der Waals surface area contributed by atoms with E-state index in [2.05, 4.69) is 5.32 Å². The molecule has 1 aromatic rings. The molecule has 3 nitrogen and oxygen atoms in total. The van der Waals surface area contributed by atoms with E-state index in [9.17, 15) is 4.79 Å². The molecule has 1 rings (SSSR count). The molecule has 0 aliphatic carbocycles. The molecule has 74 valence electrons. The molecule has 14 heavy (non-hydrogen) atoms. The highest BCUT2D eigenvalue weighted by atomic mass is 32.2. The third-order valence-corrected chi connectivity index (χ3v) is 2.43. The average molecular weight is 227 g/mol. The molecule has 0 unspecified atom stereocenters. The van der Waals surface area contributed by atoms with Crippen LogP contribution in [0.5, 0.6) is 0 Å². The van der Waals surface area contributed by atoms with Gasteiger partial charge in [-0.05, 0) is 24.5 Å². The van der Waals surface area contributed by atoms with Crippen LogP contribution >= 0.6 is 24.0 Å². The zero-order valence-electron chi connectivity index (χ0n) is 7.52. The highest BCUT2D eigenvalue weighted by molar-refractivity contribution is 8.22. The third kappa shape index (κ3) is 3.76. The minimum Gasteiger partial charge on any atom is -0.465 e. The van der Waals surface area contributed by atoms with Crippen LogP contribution in [0.3, 0.4) is 0 Å². The van der Waals surface area contributed by atoms with Gasteiger partial charge in [-0.3, -0.25) is 4.79 Å². The summed E-state index contributed by atoms with van der Waals surface area (Å²) in [5.74, 6) is 0.385. The van der Waals surface area contributed by atoms with Gasteiger partial charge in [0.2, 0.25) is 5.91 Å². The first kappa shape index (κ1) is 11.0. The Balaban J connectivity index is 2.45. The smallest absolute Gasteiger partial charge is 0.249 e. The minimum absolute atomic E-state index is 0.249. The van der Waals surface area contributed by atoms with E-state index in [0.717, 1.165) is 0 Å². The summed E-state index contributed by atoms with van der Waals surface area (Å²) in [5, 5.41) is 2.52. The van der Waals surface area contributed by atoms with Gasteiger partial charge in [-0.25, -0.2) is 0 Å². The molecule has 1 N–H and O–H groups in total. The maximum atomic E-state index is 11.2. The molecule has 0 aliphatic rings. The lowest BCUT2D eigenvalue weighted by Gasteiger charge is -1.98. The van der Waals surface area contributed by atoms with Gasteiger partial charge in [0.25, 0.3) is 0 Å². The summed E-state index contributed by atoms with van der Waals surface area (Å²) in [6.45, 7) is 0. The van der Waals surface area contributed by atoms with Crippen LogP contribution in [0.2, 0.25) is 0 Å². The lowest BCUT2D eigenvalue weighted by atomic mass is 10.4. The van der Waals surface area contributed by atoms with Gasteiger partial charge in [-0.1, -0.05) is 12.2 Å². The van der Waals surface area contributed by atoms with Crippen LogP contribution in [0.1, 0.15) is 5.76 Å². The second-order valence-electron chi connectivity index (χ2n) is 2.33. The number of thioether (sulfide) groups is 1. The Morgan fingerprint density at radius 3 is 3.07 bits per heavy atom. The number of furan rings is 1. The number of thiocarbonyl (C=S) groups is 1. The van der Waals surface area contributed by atoms with Crippen molar-refractivity contribution >= 4 is 40.3 Å². The summed E-state index contributed by atoms with van der Waals surface area (Å²) in [7, 11) is 0. The van der Waals surface area contributed by atoms with Gasteiger partial charge < -0.3 is 9.73 Å². The average Bonchev–Trinajstić information content (AvgIpc) is 2.67. The topological polar surface area (TPSA) is 42.2 Å². The maximum Gasteiger partial charge on any atom is 0.249 e. The molecule has 0 saturated heterocycles. The van der Waals surface area contributed by atoms with Crippen LogP contribution in [0.4, 0.5) is 0 Å². The Morgan fingerprint density at radius 1 is 1.71 bits per heavy atom. The highest BCUT2D eigenvalue weighted by Crippen LogP contribution is 2.02. The molecular formula is C9H9NO2S2. The molecule has 0 radical (unpaired) electrons. The standard InChI is InChI=1S/C9H9NO2S2/c1-14-9(13)10-8(11)5-4-7-3-2-6-12-7/h2-6H,1H3,(H,10,11,13). The number of carbonyl (C=O) groups is 1. The normalized spacial score (nSPS) is 10.4. The molecular weight excluding hydrogens is 218 g/mol. The molecule has 1 aromatic heterocycles. The van der Waals surface area contributed by atoms with Crippen molar-refractivity contribution in [1.82, 2.24) is 5.32 Å². The van der Waals surface area contributed by atoms with Crippen molar-refractivity contribution in [3.05, 3.63) is 30.2 Å². The van der Waals surface area contributed by atoms with Crippen LogP contribution in [-0.2, 0) is 4.79 Å². The van der Waals surface area contributed by atoms with Gasteiger partial charge in [0.05, 0.1) is 6.26 Å². The lowest BCUT2D eigenvalue weighted by Crippen LogP contribution is -2.24. The van der Waals surface area contributed by atoms with Crippen LogP contribution in [0, 0.1) is 0 Å². The Labute approximate surface area is 91.6 Å². The van der Waals surface area contributed by atoms with Gasteiger partial charge in [0, 0.05) is 6.08 Å². The van der Waals surface area contributed by atoms with Gasteiger partial charge in [0.15, 0.2) is 0 Å². The Hall–Kier alpha value is -1.07. The molecule has 1 amide bonds. The summed E-state index contributed by atoms with van der Waals surface area (Å²) in [4.78, 5) is 11.2. The second-order valence-corrected chi connectivity index (χ2v) is 3.81. The van der Waals surface area contributed by atoms with Crippen molar-refractivity contribution < 1.29 is 9.21 Å². The number of amides is 1. The number of hydrogen-bond acceptors (Lipinski definition) is 4. The van der Waals surface area contributed by atoms with E-state index in [-0.39, 0.29) is 5.91 Å². The van der Waals surface area contributed by atoms with E-state index in [0.29, 0.717) is 10.1 Å². The SMILES string of the molecule is CSC(=S)NC(=O)C=Cc1ccco1. The van der Waals surface area contributed by atoms with E-state index >= 15 is 0 Å². The van der Waals surface area contributed by atoms with E-state index in [1.807, 2.05) is 0 Å². The molecule has 1 heterocycles. The van der Waals surface area contributed by atoms with Gasteiger partial charge >= 0.3 is 0 Å². The molecule has 0 bridgehead atoms. The van der Waals surface area contributed by atoms with Crippen LogP contribution in [0.25, 0.3) is 6.08 Å². The fraction of sp³-hybridized carbons (Fsp3) is 0.111.